The molecule has 0 aliphatic rings. The van der Waals surface area contributed by atoms with Crippen LogP contribution in [0.4, 0.5) is 19.0 Å². The zero-order valence-corrected chi connectivity index (χ0v) is 11.3. The third kappa shape index (κ3) is 2.28. The smallest absolute Gasteiger partial charge is 0.383 e. The van der Waals surface area contributed by atoms with E-state index in [9.17, 15) is 13.2 Å². The van der Waals surface area contributed by atoms with Crippen LogP contribution >= 0.6 is 22.6 Å². The molecule has 2 aromatic rings. The Morgan fingerprint density at radius 3 is 2.39 bits per heavy atom. The van der Waals surface area contributed by atoms with Gasteiger partial charge in [0.05, 0.1) is 14.8 Å². The highest BCUT2D eigenvalue weighted by Crippen LogP contribution is 2.29. The topological polar surface area (TPSA) is 56.7 Å². The molecule has 0 spiro atoms. The Balaban J connectivity index is 2.44. The fraction of sp³-hybridized carbons (Fsp3) is 0.200. The van der Waals surface area contributed by atoms with Crippen LogP contribution in [0.2, 0.25) is 0 Å². The Bertz CT molecular complexity index is 574. The molecule has 96 valence electrons. The van der Waals surface area contributed by atoms with Crippen molar-refractivity contribution in [3.8, 4) is 5.82 Å². The van der Waals surface area contributed by atoms with Crippen molar-refractivity contribution in [1.82, 2.24) is 14.8 Å². The molecule has 0 saturated carbocycles. The van der Waals surface area contributed by atoms with Crippen LogP contribution in [0, 0.1) is 10.5 Å². The van der Waals surface area contributed by atoms with Crippen LogP contribution in [-0.2, 0) is 6.18 Å². The number of aromatic nitrogens is 3. The minimum Gasteiger partial charge on any atom is -0.383 e. The standard InChI is InChI=1S/C10H8F3IN4/c1-5-8(14)9(15)18(17-5)7-3-2-6(4-16-7)10(11,12)13/h2-4H,15H2,1H3. The van der Waals surface area contributed by atoms with E-state index < -0.39 is 11.7 Å². The Kier molecular flexibility index (Phi) is 3.21. The maximum atomic E-state index is 12.4. The predicted molar refractivity (Wildman–Crippen MR) is 68.2 cm³/mol. The highest BCUT2D eigenvalue weighted by atomic mass is 127. The Morgan fingerprint density at radius 2 is 2.00 bits per heavy atom. The molecule has 4 nitrogen and oxygen atoms in total. The number of hydrogen-bond donors (Lipinski definition) is 1. The lowest BCUT2D eigenvalue weighted by molar-refractivity contribution is -0.137. The van der Waals surface area contributed by atoms with Crippen LogP contribution in [0.25, 0.3) is 5.82 Å². The van der Waals surface area contributed by atoms with Crippen LogP contribution in [0.5, 0.6) is 0 Å². The summed E-state index contributed by atoms with van der Waals surface area (Å²) in [5.41, 5.74) is 5.69. The summed E-state index contributed by atoms with van der Waals surface area (Å²) in [5.74, 6) is 0.617. The highest BCUT2D eigenvalue weighted by molar-refractivity contribution is 14.1. The van der Waals surface area contributed by atoms with Crippen LogP contribution in [0.15, 0.2) is 18.3 Å². The van der Waals surface area contributed by atoms with E-state index in [0.29, 0.717) is 11.5 Å². The average molecular weight is 368 g/mol. The quantitative estimate of drug-likeness (QED) is 0.788. The van der Waals surface area contributed by atoms with Crippen molar-refractivity contribution < 1.29 is 13.2 Å². The summed E-state index contributed by atoms with van der Waals surface area (Å²) in [6.07, 6.45) is -3.63. The third-order valence-electron chi connectivity index (χ3n) is 2.31. The lowest BCUT2D eigenvalue weighted by atomic mass is 10.3. The molecule has 0 aromatic carbocycles. The molecule has 0 bridgehead atoms. The largest absolute Gasteiger partial charge is 0.417 e. The lowest BCUT2D eigenvalue weighted by Crippen LogP contribution is -2.08. The Hall–Kier alpha value is -1.32. The number of nitrogens with zero attached hydrogens (tertiary/aromatic N) is 3. The number of anilines is 1. The molecule has 2 rings (SSSR count). The normalized spacial score (nSPS) is 11.8. The van der Waals surface area contributed by atoms with E-state index in [2.05, 4.69) is 10.1 Å². The molecule has 18 heavy (non-hydrogen) atoms. The first kappa shape index (κ1) is 13.1. The summed E-state index contributed by atoms with van der Waals surface area (Å²) in [4.78, 5) is 3.73. The van der Waals surface area contributed by atoms with Crippen LogP contribution in [-0.4, -0.2) is 14.8 Å². The maximum Gasteiger partial charge on any atom is 0.417 e. The minimum atomic E-state index is -4.40. The van der Waals surface area contributed by atoms with E-state index in [4.69, 9.17) is 5.73 Å². The van der Waals surface area contributed by atoms with Crippen molar-refractivity contribution in [1.29, 1.82) is 0 Å². The third-order valence-corrected chi connectivity index (χ3v) is 3.65. The summed E-state index contributed by atoms with van der Waals surface area (Å²) >= 11 is 2.02. The molecule has 2 N–H and O–H groups in total. The molecule has 8 heteroatoms. The molecule has 0 atom stereocenters. The van der Waals surface area contributed by atoms with Gasteiger partial charge < -0.3 is 5.73 Å². The van der Waals surface area contributed by atoms with Gasteiger partial charge in [0.25, 0.3) is 0 Å². The van der Waals surface area contributed by atoms with Gasteiger partial charge in [-0.1, -0.05) is 0 Å². The lowest BCUT2D eigenvalue weighted by Gasteiger charge is -2.07. The van der Waals surface area contributed by atoms with E-state index in [1.54, 1.807) is 6.92 Å². The zero-order valence-electron chi connectivity index (χ0n) is 9.16. The van der Waals surface area contributed by atoms with Crippen molar-refractivity contribution in [2.75, 3.05) is 5.73 Å². The van der Waals surface area contributed by atoms with Gasteiger partial charge in [-0.25, -0.2) is 4.98 Å². The van der Waals surface area contributed by atoms with Crippen LogP contribution in [0.1, 0.15) is 11.3 Å². The molecule has 0 radical (unpaired) electrons. The van der Waals surface area contributed by atoms with E-state index in [0.717, 1.165) is 15.8 Å². The number of nitrogens with two attached hydrogens (primary N) is 1. The number of alkyl halides is 3. The first-order valence-corrected chi connectivity index (χ1v) is 5.93. The second-order valence-electron chi connectivity index (χ2n) is 3.60. The first-order valence-electron chi connectivity index (χ1n) is 4.85. The summed E-state index contributed by atoms with van der Waals surface area (Å²) in [6, 6.07) is 2.19. The van der Waals surface area contributed by atoms with Crippen molar-refractivity contribution >= 4 is 28.4 Å². The van der Waals surface area contributed by atoms with Crippen molar-refractivity contribution in [3.63, 3.8) is 0 Å². The fourth-order valence-electron chi connectivity index (χ4n) is 1.38. The maximum absolute atomic E-state index is 12.4. The van der Waals surface area contributed by atoms with Gasteiger partial charge in [-0.05, 0) is 41.6 Å². The number of hydrogen-bond acceptors (Lipinski definition) is 3. The SMILES string of the molecule is Cc1nn(-c2ccc(C(F)(F)F)cn2)c(N)c1I. The molecule has 2 heterocycles. The monoisotopic (exact) mass is 368 g/mol. The molecule has 0 unspecified atom stereocenters. The van der Waals surface area contributed by atoms with Gasteiger partial charge in [0.15, 0.2) is 5.82 Å². The predicted octanol–water partition coefficient (Wildman–Crippen LogP) is 2.78. The highest BCUT2D eigenvalue weighted by Gasteiger charge is 2.30. The number of pyridine rings is 1. The number of nitrogen functional groups attached to an aromatic ring is 1. The van der Waals surface area contributed by atoms with Gasteiger partial charge in [0.2, 0.25) is 0 Å². The first-order chi connectivity index (χ1) is 8.30. The van der Waals surface area contributed by atoms with E-state index in [-0.39, 0.29) is 5.82 Å². The van der Waals surface area contributed by atoms with Crippen LogP contribution in [0.3, 0.4) is 0 Å². The molecule has 0 fully saturated rings. The van der Waals surface area contributed by atoms with Crippen molar-refractivity contribution in [2.45, 2.75) is 13.1 Å². The second-order valence-corrected chi connectivity index (χ2v) is 4.68. The molecule has 0 aliphatic carbocycles. The van der Waals surface area contributed by atoms with Gasteiger partial charge in [-0.3, -0.25) is 0 Å². The fourth-order valence-corrected chi connectivity index (χ4v) is 1.72. The molecular weight excluding hydrogens is 360 g/mol. The molecule has 0 amide bonds. The molecule has 2 aromatic heterocycles. The van der Waals surface area contributed by atoms with Gasteiger partial charge >= 0.3 is 6.18 Å². The van der Waals surface area contributed by atoms with Gasteiger partial charge in [0.1, 0.15) is 5.82 Å². The van der Waals surface area contributed by atoms with E-state index in [1.807, 2.05) is 22.6 Å². The molecule has 0 aliphatic heterocycles. The van der Waals surface area contributed by atoms with E-state index in [1.165, 1.54) is 10.7 Å². The number of rotatable bonds is 1. The summed E-state index contributed by atoms with van der Waals surface area (Å²) < 4.78 is 39.2. The van der Waals surface area contributed by atoms with Crippen molar-refractivity contribution in [3.05, 3.63) is 33.2 Å². The summed E-state index contributed by atoms with van der Waals surface area (Å²) in [6.45, 7) is 1.76. The molecule has 0 saturated heterocycles. The van der Waals surface area contributed by atoms with Gasteiger partial charge in [-0.15, -0.1) is 0 Å². The summed E-state index contributed by atoms with van der Waals surface area (Å²) in [7, 11) is 0. The number of aryl methyl sites for hydroxylation is 1. The zero-order chi connectivity index (χ0) is 13.5. The number of halogens is 4. The second kappa shape index (κ2) is 4.41. The Morgan fingerprint density at radius 1 is 1.33 bits per heavy atom. The average Bonchev–Trinajstić information content (AvgIpc) is 2.56. The molecular formula is C10H8F3IN4. The van der Waals surface area contributed by atoms with Crippen molar-refractivity contribution in [2.24, 2.45) is 0 Å². The van der Waals surface area contributed by atoms with Crippen LogP contribution < -0.4 is 5.73 Å². The van der Waals surface area contributed by atoms with Gasteiger partial charge in [0, 0.05) is 6.20 Å². The van der Waals surface area contributed by atoms with E-state index >= 15 is 0 Å². The summed E-state index contributed by atoms with van der Waals surface area (Å²) in [5, 5.41) is 4.11. The minimum absolute atomic E-state index is 0.256. The Labute approximate surface area is 114 Å². The van der Waals surface area contributed by atoms with Gasteiger partial charge in [-0.2, -0.15) is 23.0 Å².